The van der Waals surface area contributed by atoms with E-state index in [1.165, 1.54) is 20.3 Å². The summed E-state index contributed by atoms with van der Waals surface area (Å²) in [5.74, 6) is 1.22. The fourth-order valence-corrected chi connectivity index (χ4v) is 2.52. The SMILES string of the molecule is COc1cc(OC)c2c(-c3ccc(C)c(O)c3)cc(=O)oc2c1. The molecule has 5 nitrogen and oxygen atoms in total. The highest BCUT2D eigenvalue weighted by Gasteiger charge is 2.15. The lowest BCUT2D eigenvalue weighted by Gasteiger charge is -2.12. The van der Waals surface area contributed by atoms with Crippen molar-refractivity contribution in [3.05, 3.63) is 52.4 Å². The molecule has 0 unspecified atom stereocenters. The average Bonchev–Trinajstić information content (AvgIpc) is 2.55. The van der Waals surface area contributed by atoms with Crippen molar-refractivity contribution < 1.29 is 19.0 Å². The molecule has 118 valence electrons. The summed E-state index contributed by atoms with van der Waals surface area (Å²) in [7, 11) is 3.07. The van der Waals surface area contributed by atoms with E-state index in [1.807, 2.05) is 13.0 Å². The van der Waals surface area contributed by atoms with Gasteiger partial charge in [-0.05, 0) is 24.1 Å². The predicted octanol–water partition coefficient (Wildman–Crippen LogP) is 3.49. The zero-order chi connectivity index (χ0) is 16.6. The molecule has 2 aromatic carbocycles. The molecule has 1 aromatic heterocycles. The summed E-state index contributed by atoms with van der Waals surface area (Å²) in [5, 5.41) is 10.6. The van der Waals surface area contributed by atoms with Crippen molar-refractivity contribution in [3.8, 4) is 28.4 Å². The molecule has 0 spiro atoms. The minimum atomic E-state index is -0.483. The molecule has 5 heteroatoms. The Hall–Kier alpha value is -2.95. The Morgan fingerprint density at radius 1 is 1.04 bits per heavy atom. The molecule has 3 aromatic rings. The fourth-order valence-electron chi connectivity index (χ4n) is 2.52. The lowest BCUT2D eigenvalue weighted by molar-refractivity contribution is 0.396. The molecule has 0 bridgehead atoms. The van der Waals surface area contributed by atoms with Crippen molar-refractivity contribution >= 4 is 11.0 Å². The Labute approximate surface area is 132 Å². The number of fused-ring (bicyclic) bond motifs is 1. The molecule has 0 aliphatic heterocycles. The number of hydrogen-bond acceptors (Lipinski definition) is 5. The normalized spacial score (nSPS) is 10.7. The van der Waals surface area contributed by atoms with E-state index >= 15 is 0 Å². The Balaban J connectivity index is 2.39. The van der Waals surface area contributed by atoms with Crippen molar-refractivity contribution in [2.75, 3.05) is 14.2 Å². The van der Waals surface area contributed by atoms with E-state index in [9.17, 15) is 9.90 Å². The molecule has 3 rings (SSSR count). The molecule has 0 atom stereocenters. The van der Waals surface area contributed by atoms with Gasteiger partial charge in [-0.15, -0.1) is 0 Å². The fraction of sp³-hybridized carbons (Fsp3) is 0.167. The molecule has 0 aliphatic carbocycles. The van der Waals surface area contributed by atoms with Crippen LogP contribution in [0, 0.1) is 6.92 Å². The van der Waals surface area contributed by atoms with Crippen molar-refractivity contribution in [1.82, 2.24) is 0 Å². The minimum absolute atomic E-state index is 0.163. The molecular formula is C18H16O5. The molecule has 0 saturated carbocycles. The second-order valence-electron chi connectivity index (χ2n) is 5.18. The van der Waals surface area contributed by atoms with Gasteiger partial charge in [-0.3, -0.25) is 0 Å². The van der Waals surface area contributed by atoms with Crippen molar-refractivity contribution in [2.24, 2.45) is 0 Å². The second-order valence-corrected chi connectivity index (χ2v) is 5.18. The lowest BCUT2D eigenvalue weighted by atomic mass is 9.99. The Bertz CT molecular complexity index is 940. The zero-order valence-electron chi connectivity index (χ0n) is 13.0. The van der Waals surface area contributed by atoms with Gasteiger partial charge in [0.25, 0.3) is 0 Å². The van der Waals surface area contributed by atoms with Gasteiger partial charge in [0.2, 0.25) is 0 Å². The van der Waals surface area contributed by atoms with E-state index in [-0.39, 0.29) is 5.75 Å². The van der Waals surface area contributed by atoms with Crippen LogP contribution >= 0.6 is 0 Å². The van der Waals surface area contributed by atoms with Crippen LogP contribution in [-0.2, 0) is 0 Å². The third kappa shape index (κ3) is 2.61. The van der Waals surface area contributed by atoms with Crippen molar-refractivity contribution in [3.63, 3.8) is 0 Å². The summed E-state index contributed by atoms with van der Waals surface area (Å²) in [6, 6.07) is 10.00. The Kier molecular flexibility index (Phi) is 3.70. The van der Waals surface area contributed by atoms with Crippen molar-refractivity contribution in [1.29, 1.82) is 0 Å². The standard InChI is InChI=1S/C18H16O5/c1-10-4-5-11(6-14(10)19)13-9-17(20)23-16-8-12(21-2)7-15(22-3)18(13)16/h4-9,19H,1-3H3. The number of aryl methyl sites for hydroxylation is 1. The van der Waals surface area contributed by atoms with Crippen LogP contribution in [0.2, 0.25) is 0 Å². The second kappa shape index (κ2) is 5.68. The maximum absolute atomic E-state index is 11.9. The molecule has 0 amide bonds. The van der Waals surface area contributed by atoms with Crippen LogP contribution < -0.4 is 15.1 Å². The molecular weight excluding hydrogens is 296 g/mol. The van der Waals surface area contributed by atoms with Crippen LogP contribution in [0.15, 0.2) is 45.6 Å². The number of hydrogen-bond donors (Lipinski definition) is 1. The maximum atomic E-state index is 11.9. The Morgan fingerprint density at radius 3 is 2.48 bits per heavy atom. The van der Waals surface area contributed by atoms with Gasteiger partial charge in [-0.1, -0.05) is 12.1 Å². The number of phenolic OH excluding ortho intramolecular Hbond substituents is 1. The van der Waals surface area contributed by atoms with Gasteiger partial charge in [0.1, 0.15) is 22.8 Å². The number of benzene rings is 2. The summed E-state index contributed by atoms with van der Waals surface area (Å²) in [4.78, 5) is 11.9. The van der Waals surface area contributed by atoms with Crippen LogP contribution in [0.3, 0.4) is 0 Å². The first-order valence-corrected chi connectivity index (χ1v) is 7.03. The first kappa shape index (κ1) is 15.0. The number of ether oxygens (including phenoxy) is 2. The summed E-state index contributed by atoms with van der Waals surface area (Å²) < 4.78 is 15.9. The number of phenols is 1. The molecule has 0 saturated heterocycles. The molecule has 1 heterocycles. The van der Waals surface area contributed by atoms with E-state index in [4.69, 9.17) is 13.9 Å². The van der Waals surface area contributed by atoms with Crippen molar-refractivity contribution in [2.45, 2.75) is 6.92 Å². The van der Waals surface area contributed by atoms with Gasteiger partial charge < -0.3 is 19.0 Å². The zero-order valence-corrected chi connectivity index (χ0v) is 13.0. The average molecular weight is 312 g/mol. The van der Waals surface area contributed by atoms with E-state index < -0.39 is 5.63 Å². The van der Waals surface area contributed by atoms with Crippen LogP contribution in [0.5, 0.6) is 17.2 Å². The van der Waals surface area contributed by atoms with E-state index in [0.29, 0.717) is 33.6 Å². The third-order valence-electron chi connectivity index (χ3n) is 3.76. The van der Waals surface area contributed by atoms with E-state index in [2.05, 4.69) is 0 Å². The van der Waals surface area contributed by atoms with Crippen LogP contribution in [-0.4, -0.2) is 19.3 Å². The van der Waals surface area contributed by atoms with Crippen LogP contribution in [0.4, 0.5) is 0 Å². The number of aromatic hydroxyl groups is 1. The molecule has 0 fully saturated rings. The first-order valence-electron chi connectivity index (χ1n) is 7.03. The lowest BCUT2D eigenvalue weighted by Crippen LogP contribution is -2.00. The van der Waals surface area contributed by atoms with Crippen LogP contribution in [0.1, 0.15) is 5.56 Å². The molecule has 1 N–H and O–H groups in total. The van der Waals surface area contributed by atoms with Gasteiger partial charge in [-0.25, -0.2) is 4.79 Å². The number of methoxy groups -OCH3 is 2. The quantitative estimate of drug-likeness (QED) is 0.750. The third-order valence-corrected chi connectivity index (χ3v) is 3.76. The van der Waals surface area contributed by atoms with E-state index in [0.717, 1.165) is 5.56 Å². The summed E-state index contributed by atoms with van der Waals surface area (Å²) in [6.45, 7) is 1.81. The maximum Gasteiger partial charge on any atom is 0.336 e. The van der Waals surface area contributed by atoms with Gasteiger partial charge in [-0.2, -0.15) is 0 Å². The predicted molar refractivity (Wildman–Crippen MR) is 87.4 cm³/mol. The number of rotatable bonds is 3. The highest BCUT2D eigenvalue weighted by Crippen LogP contribution is 2.38. The van der Waals surface area contributed by atoms with Crippen LogP contribution in [0.25, 0.3) is 22.1 Å². The first-order chi connectivity index (χ1) is 11.0. The van der Waals surface area contributed by atoms with Gasteiger partial charge in [0.05, 0.1) is 19.6 Å². The largest absolute Gasteiger partial charge is 0.508 e. The molecule has 0 aliphatic rings. The molecule has 23 heavy (non-hydrogen) atoms. The Morgan fingerprint density at radius 2 is 1.83 bits per heavy atom. The van der Waals surface area contributed by atoms with Gasteiger partial charge in [0.15, 0.2) is 0 Å². The smallest absolute Gasteiger partial charge is 0.336 e. The topological polar surface area (TPSA) is 68.9 Å². The highest BCUT2D eigenvalue weighted by molar-refractivity contribution is 5.98. The summed E-state index contributed by atoms with van der Waals surface area (Å²) in [5.41, 5.74) is 1.97. The monoisotopic (exact) mass is 312 g/mol. The molecule has 0 radical (unpaired) electrons. The van der Waals surface area contributed by atoms with E-state index in [1.54, 1.807) is 24.3 Å². The minimum Gasteiger partial charge on any atom is -0.508 e. The van der Waals surface area contributed by atoms with Gasteiger partial charge >= 0.3 is 5.63 Å². The summed E-state index contributed by atoms with van der Waals surface area (Å²) in [6.07, 6.45) is 0. The highest BCUT2D eigenvalue weighted by atomic mass is 16.5. The van der Waals surface area contributed by atoms with Gasteiger partial charge in [0, 0.05) is 23.8 Å². The summed E-state index contributed by atoms with van der Waals surface area (Å²) >= 11 is 0.